The predicted octanol–water partition coefficient (Wildman–Crippen LogP) is 1.63. The SMILES string of the molecule is CC[C@@H](N)CS.CCc1cnc[nH]1. The standard InChI is InChI=1S/C5H8N2.C4H11NS/c1-2-5-3-6-4-7-5;1-2-4(5)3-6/h3-4H,2H2,1H3,(H,6,7);4,6H,2-3,5H2,1H3/t;4-/m.1/s1. The second-order valence-electron chi connectivity index (χ2n) is 2.78. The van der Waals surface area contributed by atoms with Gasteiger partial charge in [0.1, 0.15) is 0 Å². The van der Waals surface area contributed by atoms with Crippen LogP contribution in [0.15, 0.2) is 12.5 Å². The van der Waals surface area contributed by atoms with E-state index >= 15 is 0 Å². The first-order valence-corrected chi connectivity index (χ1v) is 5.21. The zero-order chi connectivity index (χ0) is 10.1. The summed E-state index contributed by atoms with van der Waals surface area (Å²) in [6.07, 6.45) is 5.60. The van der Waals surface area contributed by atoms with Crippen molar-refractivity contribution in [3.05, 3.63) is 18.2 Å². The van der Waals surface area contributed by atoms with Crippen molar-refractivity contribution in [3.8, 4) is 0 Å². The lowest BCUT2D eigenvalue weighted by Gasteiger charge is -1.99. The van der Waals surface area contributed by atoms with Crippen molar-refractivity contribution >= 4 is 12.6 Å². The first-order chi connectivity index (χ1) is 6.24. The summed E-state index contributed by atoms with van der Waals surface area (Å²) in [7, 11) is 0. The van der Waals surface area contributed by atoms with Crippen LogP contribution >= 0.6 is 12.6 Å². The van der Waals surface area contributed by atoms with Crippen molar-refractivity contribution in [1.29, 1.82) is 0 Å². The molecule has 0 radical (unpaired) electrons. The van der Waals surface area contributed by atoms with Crippen molar-refractivity contribution in [3.63, 3.8) is 0 Å². The molecule has 0 unspecified atom stereocenters. The first kappa shape index (κ1) is 12.5. The molecular weight excluding hydrogens is 182 g/mol. The van der Waals surface area contributed by atoms with Crippen LogP contribution in [-0.4, -0.2) is 21.8 Å². The number of hydrogen-bond acceptors (Lipinski definition) is 3. The lowest BCUT2D eigenvalue weighted by atomic mass is 10.3. The molecule has 0 spiro atoms. The van der Waals surface area contributed by atoms with Crippen LogP contribution in [0.3, 0.4) is 0 Å². The van der Waals surface area contributed by atoms with Crippen molar-refractivity contribution in [2.75, 3.05) is 5.75 Å². The van der Waals surface area contributed by atoms with E-state index in [9.17, 15) is 0 Å². The minimum absolute atomic E-state index is 0.299. The quantitative estimate of drug-likeness (QED) is 0.651. The predicted molar refractivity (Wildman–Crippen MR) is 60.1 cm³/mol. The van der Waals surface area contributed by atoms with Gasteiger partial charge in [0.25, 0.3) is 0 Å². The van der Waals surface area contributed by atoms with Crippen LogP contribution < -0.4 is 5.73 Å². The van der Waals surface area contributed by atoms with Gasteiger partial charge in [0.05, 0.1) is 6.33 Å². The molecule has 3 nitrogen and oxygen atoms in total. The van der Waals surface area contributed by atoms with Gasteiger partial charge < -0.3 is 10.7 Å². The Morgan fingerprint density at radius 3 is 2.46 bits per heavy atom. The monoisotopic (exact) mass is 201 g/mol. The molecule has 1 rings (SSSR count). The molecule has 0 aromatic carbocycles. The summed E-state index contributed by atoms with van der Waals surface area (Å²) in [6, 6.07) is 0.299. The third-order valence-corrected chi connectivity index (χ3v) is 2.16. The van der Waals surface area contributed by atoms with Crippen LogP contribution in [0.5, 0.6) is 0 Å². The van der Waals surface area contributed by atoms with Crippen LogP contribution in [0.2, 0.25) is 0 Å². The molecule has 1 aromatic heterocycles. The summed E-state index contributed by atoms with van der Waals surface area (Å²) in [5.74, 6) is 0.802. The molecule has 0 amide bonds. The summed E-state index contributed by atoms with van der Waals surface area (Å²) in [5, 5.41) is 0. The summed E-state index contributed by atoms with van der Waals surface area (Å²) >= 11 is 3.97. The Bertz CT molecular complexity index is 183. The average Bonchev–Trinajstić information content (AvgIpc) is 2.70. The van der Waals surface area contributed by atoms with E-state index in [-0.39, 0.29) is 0 Å². The molecule has 0 saturated carbocycles. The van der Waals surface area contributed by atoms with Gasteiger partial charge in [0.2, 0.25) is 0 Å². The molecule has 1 atom stereocenters. The third kappa shape index (κ3) is 6.66. The van der Waals surface area contributed by atoms with E-state index in [1.807, 2.05) is 6.20 Å². The van der Waals surface area contributed by atoms with Gasteiger partial charge in [-0.3, -0.25) is 0 Å². The van der Waals surface area contributed by atoms with E-state index in [2.05, 4.69) is 36.4 Å². The molecule has 76 valence electrons. The Labute approximate surface area is 85.6 Å². The molecule has 0 aliphatic heterocycles. The van der Waals surface area contributed by atoms with Gasteiger partial charge in [-0.25, -0.2) is 4.98 Å². The summed E-state index contributed by atoms with van der Waals surface area (Å²) in [4.78, 5) is 6.81. The summed E-state index contributed by atoms with van der Waals surface area (Å²) in [5.41, 5.74) is 6.59. The topological polar surface area (TPSA) is 54.7 Å². The smallest absolute Gasteiger partial charge is 0.0921 e. The number of rotatable bonds is 3. The van der Waals surface area contributed by atoms with Crippen LogP contribution in [0.4, 0.5) is 0 Å². The van der Waals surface area contributed by atoms with Crippen LogP contribution in [0.25, 0.3) is 0 Å². The van der Waals surface area contributed by atoms with Gasteiger partial charge in [-0.1, -0.05) is 13.8 Å². The molecule has 13 heavy (non-hydrogen) atoms. The Hall–Kier alpha value is -0.480. The van der Waals surface area contributed by atoms with E-state index in [1.165, 1.54) is 5.69 Å². The lowest BCUT2D eigenvalue weighted by Crippen LogP contribution is -2.19. The Kier molecular flexibility index (Phi) is 7.83. The van der Waals surface area contributed by atoms with Crippen molar-refractivity contribution < 1.29 is 0 Å². The number of aromatic nitrogens is 2. The van der Waals surface area contributed by atoms with E-state index in [0.717, 1.165) is 18.6 Å². The van der Waals surface area contributed by atoms with Gasteiger partial charge in [0, 0.05) is 23.7 Å². The fraction of sp³-hybridized carbons (Fsp3) is 0.667. The average molecular weight is 201 g/mol. The molecule has 1 aromatic rings. The highest BCUT2D eigenvalue weighted by atomic mass is 32.1. The number of nitrogens with zero attached hydrogens (tertiary/aromatic N) is 1. The van der Waals surface area contributed by atoms with Crippen LogP contribution in [-0.2, 0) is 6.42 Å². The van der Waals surface area contributed by atoms with Crippen LogP contribution in [0.1, 0.15) is 26.0 Å². The number of hydrogen-bond donors (Lipinski definition) is 3. The second-order valence-corrected chi connectivity index (χ2v) is 3.15. The van der Waals surface area contributed by atoms with Gasteiger partial charge in [-0.15, -0.1) is 0 Å². The summed E-state index contributed by atoms with van der Waals surface area (Å²) in [6.45, 7) is 4.15. The van der Waals surface area contributed by atoms with Gasteiger partial charge >= 0.3 is 0 Å². The maximum Gasteiger partial charge on any atom is 0.0921 e. The van der Waals surface area contributed by atoms with Gasteiger partial charge in [-0.05, 0) is 12.8 Å². The Balaban J connectivity index is 0.000000226. The lowest BCUT2D eigenvalue weighted by molar-refractivity contribution is 0.727. The number of thiol groups is 1. The number of nitrogens with one attached hydrogen (secondary N) is 1. The van der Waals surface area contributed by atoms with Crippen LogP contribution in [0, 0.1) is 0 Å². The molecule has 0 aliphatic rings. The largest absolute Gasteiger partial charge is 0.349 e. The molecule has 4 heteroatoms. The van der Waals surface area contributed by atoms with E-state index in [4.69, 9.17) is 5.73 Å². The molecule has 0 fully saturated rings. The number of H-pyrrole nitrogens is 1. The van der Waals surface area contributed by atoms with Gasteiger partial charge in [0.15, 0.2) is 0 Å². The number of aromatic amines is 1. The van der Waals surface area contributed by atoms with Gasteiger partial charge in [-0.2, -0.15) is 12.6 Å². The number of imidazole rings is 1. The van der Waals surface area contributed by atoms with E-state index in [1.54, 1.807) is 6.33 Å². The van der Waals surface area contributed by atoms with Crippen molar-refractivity contribution in [2.45, 2.75) is 32.7 Å². The minimum Gasteiger partial charge on any atom is -0.349 e. The second kappa shape index (κ2) is 8.13. The molecule has 0 bridgehead atoms. The normalized spacial score (nSPS) is 11.7. The fourth-order valence-corrected chi connectivity index (χ4v) is 0.865. The maximum absolute atomic E-state index is 5.40. The highest BCUT2D eigenvalue weighted by Crippen LogP contribution is 1.88. The first-order valence-electron chi connectivity index (χ1n) is 4.58. The van der Waals surface area contributed by atoms with E-state index in [0.29, 0.717) is 6.04 Å². The molecule has 1 heterocycles. The maximum atomic E-state index is 5.40. The fourth-order valence-electron chi connectivity index (χ4n) is 0.607. The molecule has 3 N–H and O–H groups in total. The molecular formula is C9H19N3S. The summed E-state index contributed by atoms with van der Waals surface area (Å²) < 4.78 is 0. The van der Waals surface area contributed by atoms with E-state index < -0.39 is 0 Å². The minimum atomic E-state index is 0.299. The zero-order valence-electron chi connectivity index (χ0n) is 8.33. The zero-order valence-corrected chi connectivity index (χ0v) is 9.22. The number of nitrogens with two attached hydrogens (primary N) is 1. The Morgan fingerprint density at radius 1 is 1.62 bits per heavy atom. The molecule has 0 aliphatic carbocycles. The highest BCUT2D eigenvalue weighted by molar-refractivity contribution is 7.80. The van der Waals surface area contributed by atoms with Crippen molar-refractivity contribution in [2.24, 2.45) is 5.73 Å². The molecule has 0 saturated heterocycles. The van der Waals surface area contributed by atoms with Crippen molar-refractivity contribution in [1.82, 2.24) is 9.97 Å². The Morgan fingerprint density at radius 2 is 2.31 bits per heavy atom. The highest BCUT2D eigenvalue weighted by Gasteiger charge is 1.89. The third-order valence-electron chi connectivity index (χ3n) is 1.69. The number of aryl methyl sites for hydroxylation is 1.